The van der Waals surface area contributed by atoms with Crippen LogP contribution in [0.15, 0.2) is 30.3 Å². The van der Waals surface area contributed by atoms with Gasteiger partial charge in [0.15, 0.2) is 0 Å². The van der Waals surface area contributed by atoms with Gasteiger partial charge in [-0.25, -0.2) is 0 Å². The number of benzene rings is 1. The Hall–Kier alpha value is -1.89. The van der Waals surface area contributed by atoms with Crippen molar-refractivity contribution in [2.45, 2.75) is 32.4 Å². The highest BCUT2D eigenvalue weighted by atomic mass is 35.5. The van der Waals surface area contributed by atoms with Crippen LogP contribution >= 0.6 is 22.9 Å². The Morgan fingerprint density at radius 3 is 2.81 bits per heavy atom. The van der Waals surface area contributed by atoms with Gasteiger partial charge in [-0.1, -0.05) is 23.7 Å². The van der Waals surface area contributed by atoms with E-state index in [2.05, 4.69) is 15.7 Å². The number of carbonyl (C=O) groups excluding carboxylic acids is 1. The molecule has 1 saturated heterocycles. The van der Waals surface area contributed by atoms with Gasteiger partial charge in [0, 0.05) is 16.5 Å². The van der Waals surface area contributed by atoms with Crippen LogP contribution in [0.2, 0.25) is 5.02 Å². The first-order valence-electron chi connectivity index (χ1n) is 8.83. The largest absolute Gasteiger partial charge is 0.349 e. The smallest absolute Gasteiger partial charge is 0.261 e. The zero-order valence-corrected chi connectivity index (χ0v) is 16.2. The van der Waals surface area contributed by atoms with Gasteiger partial charge in [0.05, 0.1) is 17.1 Å². The molecule has 26 heavy (non-hydrogen) atoms. The minimum atomic E-state index is 0.0237. The molecule has 0 spiro atoms. The lowest BCUT2D eigenvalue weighted by atomic mass is 10.1. The third-order valence-electron chi connectivity index (χ3n) is 4.75. The van der Waals surface area contributed by atoms with Crippen molar-refractivity contribution < 1.29 is 4.79 Å². The van der Waals surface area contributed by atoms with Crippen LogP contribution in [-0.4, -0.2) is 34.8 Å². The van der Waals surface area contributed by atoms with Crippen LogP contribution in [0.25, 0.3) is 10.2 Å². The molecule has 3 aromatic rings. The third kappa shape index (κ3) is 3.63. The van der Waals surface area contributed by atoms with Gasteiger partial charge < -0.3 is 10.6 Å². The number of nitrogens with zero attached hydrogens (tertiary/aromatic N) is 2. The highest BCUT2D eigenvalue weighted by Crippen LogP contribution is 2.29. The molecule has 2 aromatic heterocycles. The highest BCUT2D eigenvalue weighted by molar-refractivity contribution is 7.20. The maximum absolute atomic E-state index is 12.6. The fourth-order valence-electron chi connectivity index (χ4n) is 3.32. The summed E-state index contributed by atoms with van der Waals surface area (Å²) in [6.07, 6.45) is 1.97. The SMILES string of the molecule is Cc1nn(Cc2ccc(Cl)cc2)c2sc(C(=O)NC3CCNCC3)cc12. The second-order valence-electron chi connectivity index (χ2n) is 6.70. The van der Waals surface area contributed by atoms with Gasteiger partial charge in [-0.3, -0.25) is 9.48 Å². The Kier molecular flexibility index (Phi) is 4.98. The Balaban J connectivity index is 1.56. The van der Waals surface area contributed by atoms with Crippen molar-refractivity contribution >= 4 is 39.1 Å². The lowest BCUT2D eigenvalue weighted by Crippen LogP contribution is -2.42. The molecule has 1 fully saturated rings. The molecule has 2 N–H and O–H groups in total. The standard InChI is InChI=1S/C19H21ClN4OS/c1-12-16-10-17(18(25)22-15-6-8-21-9-7-15)26-19(16)24(23-12)11-13-2-4-14(20)5-3-13/h2-5,10,15,21H,6-9,11H2,1H3,(H,22,25). The maximum atomic E-state index is 12.6. The summed E-state index contributed by atoms with van der Waals surface area (Å²) in [5.41, 5.74) is 2.08. The first kappa shape index (κ1) is 17.5. The van der Waals surface area contributed by atoms with E-state index >= 15 is 0 Å². The van der Waals surface area contributed by atoms with Crippen LogP contribution in [0.5, 0.6) is 0 Å². The second kappa shape index (κ2) is 7.39. The fourth-order valence-corrected chi connectivity index (χ4v) is 4.51. The summed E-state index contributed by atoms with van der Waals surface area (Å²) in [5.74, 6) is 0.0237. The fraction of sp³-hybridized carbons (Fsp3) is 0.368. The number of hydrogen-bond acceptors (Lipinski definition) is 4. The molecule has 1 aliphatic rings. The summed E-state index contributed by atoms with van der Waals surface area (Å²) >= 11 is 7.47. The number of halogens is 1. The van der Waals surface area contributed by atoms with Gasteiger partial charge in [0.25, 0.3) is 5.91 Å². The van der Waals surface area contributed by atoms with Crippen molar-refractivity contribution in [3.63, 3.8) is 0 Å². The first-order valence-corrected chi connectivity index (χ1v) is 10.0. The average Bonchev–Trinajstić information content (AvgIpc) is 3.20. The molecule has 136 valence electrons. The second-order valence-corrected chi connectivity index (χ2v) is 8.16. The molecule has 7 heteroatoms. The molecule has 0 atom stereocenters. The van der Waals surface area contributed by atoms with E-state index < -0.39 is 0 Å². The van der Waals surface area contributed by atoms with Crippen molar-refractivity contribution in [1.29, 1.82) is 0 Å². The molecule has 3 heterocycles. The number of aryl methyl sites for hydroxylation is 1. The first-order chi connectivity index (χ1) is 12.6. The van der Waals surface area contributed by atoms with E-state index in [0.29, 0.717) is 6.54 Å². The van der Waals surface area contributed by atoms with E-state index in [1.807, 2.05) is 41.9 Å². The number of amides is 1. The van der Waals surface area contributed by atoms with Gasteiger partial charge >= 0.3 is 0 Å². The number of aromatic nitrogens is 2. The van der Waals surface area contributed by atoms with E-state index in [0.717, 1.165) is 57.3 Å². The van der Waals surface area contributed by atoms with E-state index in [4.69, 9.17) is 11.6 Å². The summed E-state index contributed by atoms with van der Waals surface area (Å²) in [7, 11) is 0. The average molecular weight is 389 g/mol. The molecule has 0 radical (unpaired) electrons. The monoisotopic (exact) mass is 388 g/mol. The predicted octanol–water partition coefficient (Wildman–Crippen LogP) is 3.59. The van der Waals surface area contributed by atoms with Crippen molar-refractivity contribution in [3.05, 3.63) is 51.5 Å². The molecule has 1 aliphatic heterocycles. The van der Waals surface area contributed by atoms with E-state index in [9.17, 15) is 4.79 Å². The molecular formula is C19H21ClN4OS. The summed E-state index contributed by atoms with van der Waals surface area (Å²) < 4.78 is 1.97. The Morgan fingerprint density at radius 2 is 2.08 bits per heavy atom. The van der Waals surface area contributed by atoms with Crippen LogP contribution < -0.4 is 10.6 Å². The molecule has 0 aliphatic carbocycles. The van der Waals surface area contributed by atoms with Gasteiger partial charge in [0.1, 0.15) is 4.83 Å². The van der Waals surface area contributed by atoms with Crippen LogP contribution in [0, 0.1) is 6.92 Å². The summed E-state index contributed by atoms with van der Waals surface area (Å²) in [6, 6.07) is 10.0. The van der Waals surface area contributed by atoms with Crippen LogP contribution in [0.1, 0.15) is 33.8 Å². The van der Waals surface area contributed by atoms with Crippen molar-refractivity contribution in [2.24, 2.45) is 0 Å². The van der Waals surface area contributed by atoms with Crippen molar-refractivity contribution in [2.75, 3.05) is 13.1 Å². The Morgan fingerprint density at radius 1 is 1.35 bits per heavy atom. The molecule has 0 bridgehead atoms. The lowest BCUT2D eigenvalue weighted by Gasteiger charge is -2.23. The van der Waals surface area contributed by atoms with Gasteiger partial charge in [0.2, 0.25) is 0 Å². The zero-order chi connectivity index (χ0) is 18.1. The topological polar surface area (TPSA) is 59.0 Å². The number of hydrogen-bond donors (Lipinski definition) is 2. The Labute approximate surface area is 161 Å². The molecule has 1 amide bonds. The molecule has 4 rings (SSSR count). The van der Waals surface area contributed by atoms with Crippen LogP contribution in [-0.2, 0) is 6.54 Å². The van der Waals surface area contributed by atoms with Crippen molar-refractivity contribution in [3.8, 4) is 0 Å². The zero-order valence-electron chi connectivity index (χ0n) is 14.6. The molecule has 0 saturated carbocycles. The van der Waals surface area contributed by atoms with Gasteiger partial charge in [-0.2, -0.15) is 5.10 Å². The van der Waals surface area contributed by atoms with Crippen LogP contribution in [0.3, 0.4) is 0 Å². The predicted molar refractivity (Wildman–Crippen MR) is 106 cm³/mol. The minimum Gasteiger partial charge on any atom is -0.349 e. The lowest BCUT2D eigenvalue weighted by molar-refractivity contribution is 0.0934. The van der Waals surface area contributed by atoms with Gasteiger partial charge in [-0.05, 0) is 56.6 Å². The third-order valence-corrected chi connectivity index (χ3v) is 6.15. The number of nitrogens with one attached hydrogen (secondary N) is 2. The molecular weight excluding hydrogens is 368 g/mol. The highest BCUT2D eigenvalue weighted by Gasteiger charge is 2.20. The number of carbonyl (C=O) groups is 1. The van der Waals surface area contributed by atoms with Crippen LogP contribution in [0.4, 0.5) is 0 Å². The normalized spacial score (nSPS) is 15.5. The summed E-state index contributed by atoms with van der Waals surface area (Å²) in [6.45, 7) is 4.58. The molecule has 0 unspecified atom stereocenters. The molecule has 5 nitrogen and oxygen atoms in total. The number of fused-ring (bicyclic) bond motifs is 1. The van der Waals surface area contributed by atoms with E-state index in [-0.39, 0.29) is 11.9 Å². The maximum Gasteiger partial charge on any atom is 0.261 e. The Bertz CT molecular complexity index is 925. The number of rotatable bonds is 4. The summed E-state index contributed by atoms with van der Waals surface area (Å²) in [4.78, 5) is 14.4. The summed E-state index contributed by atoms with van der Waals surface area (Å²) in [5, 5.41) is 12.9. The van der Waals surface area contributed by atoms with E-state index in [1.165, 1.54) is 11.3 Å². The number of piperidine rings is 1. The van der Waals surface area contributed by atoms with Crippen molar-refractivity contribution in [1.82, 2.24) is 20.4 Å². The minimum absolute atomic E-state index is 0.0237. The number of thiophene rings is 1. The quantitative estimate of drug-likeness (QED) is 0.718. The van der Waals surface area contributed by atoms with E-state index in [1.54, 1.807) is 0 Å². The van der Waals surface area contributed by atoms with Gasteiger partial charge in [-0.15, -0.1) is 11.3 Å². The molecule has 1 aromatic carbocycles.